The monoisotopic (exact) mass is 396 g/mol. The highest BCUT2D eigenvalue weighted by Gasteiger charge is 2.37. The van der Waals surface area contributed by atoms with Gasteiger partial charge in [0.2, 0.25) is 0 Å². The lowest BCUT2D eigenvalue weighted by Crippen LogP contribution is -2.58. The van der Waals surface area contributed by atoms with Gasteiger partial charge in [0.15, 0.2) is 0 Å². The quantitative estimate of drug-likeness (QED) is 0.643. The first-order valence-electron chi connectivity index (χ1n) is 11.5. The molecule has 0 aromatic carbocycles. The highest BCUT2D eigenvalue weighted by atomic mass is 16.5. The van der Waals surface area contributed by atoms with Gasteiger partial charge in [-0.2, -0.15) is 0 Å². The molecule has 0 amide bonds. The Morgan fingerprint density at radius 2 is 1.46 bits per heavy atom. The van der Waals surface area contributed by atoms with Gasteiger partial charge >= 0.3 is 0 Å². The molecule has 0 saturated carbocycles. The van der Waals surface area contributed by atoms with E-state index in [1.807, 2.05) is 0 Å². The van der Waals surface area contributed by atoms with E-state index in [1.165, 1.54) is 19.4 Å². The highest BCUT2D eigenvalue weighted by Crippen LogP contribution is 2.29. The summed E-state index contributed by atoms with van der Waals surface area (Å²) in [5.74, 6) is 0. The van der Waals surface area contributed by atoms with Crippen molar-refractivity contribution in [2.24, 2.45) is 10.8 Å². The topological polar surface area (TPSA) is 24.9 Å². The van der Waals surface area contributed by atoms with Gasteiger partial charge < -0.3 is 9.47 Å². The van der Waals surface area contributed by atoms with Crippen molar-refractivity contribution >= 4 is 0 Å². The van der Waals surface area contributed by atoms with Crippen LogP contribution >= 0.6 is 0 Å². The molecule has 3 atom stereocenters. The molecule has 3 unspecified atom stereocenters. The molecule has 2 fully saturated rings. The summed E-state index contributed by atoms with van der Waals surface area (Å²) in [6.45, 7) is 27.1. The van der Waals surface area contributed by atoms with Gasteiger partial charge in [-0.15, -0.1) is 0 Å². The van der Waals surface area contributed by atoms with E-state index in [2.05, 4.69) is 72.1 Å². The fourth-order valence-corrected chi connectivity index (χ4v) is 4.21. The van der Waals surface area contributed by atoms with Gasteiger partial charge in [-0.1, -0.05) is 41.5 Å². The molecule has 0 bridgehead atoms. The van der Waals surface area contributed by atoms with Crippen molar-refractivity contribution in [1.29, 1.82) is 0 Å². The summed E-state index contributed by atoms with van der Waals surface area (Å²) < 4.78 is 12.6. The number of ether oxygens (including phenoxy) is 2. The summed E-state index contributed by atoms with van der Waals surface area (Å²) >= 11 is 0. The van der Waals surface area contributed by atoms with Crippen molar-refractivity contribution in [3.8, 4) is 0 Å². The minimum atomic E-state index is 0.126. The molecular weight excluding hydrogens is 348 g/mol. The van der Waals surface area contributed by atoms with Crippen molar-refractivity contribution in [2.75, 3.05) is 39.3 Å². The Labute approximate surface area is 175 Å². The van der Waals surface area contributed by atoms with E-state index >= 15 is 0 Å². The Balaban J connectivity index is 1.88. The minimum absolute atomic E-state index is 0.126. The Morgan fingerprint density at radius 1 is 0.857 bits per heavy atom. The number of rotatable bonds is 6. The van der Waals surface area contributed by atoms with Crippen LogP contribution in [0.4, 0.5) is 0 Å². The van der Waals surface area contributed by atoms with Gasteiger partial charge in [-0.3, -0.25) is 9.80 Å². The number of hydrogen-bond donors (Lipinski definition) is 0. The summed E-state index contributed by atoms with van der Waals surface area (Å²) in [4.78, 5) is 5.25. The largest absolute Gasteiger partial charge is 0.375 e. The lowest BCUT2D eigenvalue weighted by molar-refractivity contribution is -0.138. The van der Waals surface area contributed by atoms with E-state index in [4.69, 9.17) is 9.47 Å². The minimum Gasteiger partial charge on any atom is -0.375 e. The zero-order chi connectivity index (χ0) is 21.2. The zero-order valence-electron chi connectivity index (χ0n) is 20.3. The fraction of sp³-hybridized carbons (Fsp3) is 1.00. The van der Waals surface area contributed by atoms with Crippen molar-refractivity contribution in [1.82, 2.24) is 9.80 Å². The molecule has 0 aliphatic carbocycles. The SMILES string of the molecule is CC1CN(CCC(C)(C)C)CC(CC2CN(CCC(C)(C)C)C(C)(C)CO2)O1. The first kappa shape index (κ1) is 24.1. The number of nitrogens with zero attached hydrogens (tertiary/aromatic N) is 2. The van der Waals surface area contributed by atoms with E-state index < -0.39 is 0 Å². The van der Waals surface area contributed by atoms with Crippen LogP contribution in [0.3, 0.4) is 0 Å². The van der Waals surface area contributed by atoms with Crippen LogP contribution in [0.15, 0.2) is 0 Å². The zero-order valence-corrected chi connectivity index (χ0v) is 20.3. The number of morpholine rings is 2. The van der Waals surface area contributed by atoms with Crippen LogP contribution in [0.25, 0.3) is 0 Å². The Morgan fingerprint density at radius 3 is 2.07 bits per heavy atom. The standard InChI is InChI=1S/C24H48N2O2/c1-19-15-25(12-10-22(2,3)4)16-21(28-19)14-20-17-26(13-11-23(5,6)7)24(8,9)18-27-20/h19-21H,10-18H2,1-9H3. The van der Waals surface area contributed by atoms with Crippen LogP contribution < -0.4 is 0 Å². The molecule has 2 aliphatic heterocycles. The molecule has 0 radical (unpaired) electrons. The third-order valence-corrected chi connectivity index (χ3v) is 6.19. The third-order valence-electron chi connectivity index (χ3n) is 6.19. The highest BCUT2D eigenvalue weighted by molar-refractivity contribution is 4.90. The van der Waals surface area contributed by atoms with Crippen LogP contribution in [0.2, 0.25) is 0 Å². The number of hydrogen-bond acceptors (Lipinski definition) is 4. The van der Waals surface area contributed by atoms with Gasteiger partial charge in [0.05, 0.1) is 24.9 Å². The van der Waals surface area contributed by atoms with Gasteiger partial charge in [0, 0.05) is 31.6 Å². The average molecular weight is 397 g/mol. The second-order valence-corrected chi connectivity index (χ2v) is 12.4. The maximum atomic E-state index is 6.31. The molecule has 2 saturated heterocycles. The smallest absolute Gasteiger partial charge is 0.0731 e. The third kappa shape index (κ3) is 8.30. The van der Waals surface area contributed by atoms with Gasteiger partial charge in [0.1, 0.15) is 0 Å². The van der Waals surface area contributed by atoms with E-state index in [-0.39, 0.29) is 11.6 Å². The molecule has 0 N–H and O–H groups in total. The second kappa shape index (κ2) is 9.32. The maximum absolute atomic E-state index is 6.31. The molecule has 2 rings (SSSR count). The van der Waals surface area contributed by atoms with Crippen molar-refractivity contribution in [2.45, 2.75) is 105 Å². The van der Waals surface area contributed by atoms with E-state index in [0.717, 1.165) is 39.2 Å². The normalized spacial score (nSPS) is 30.5. The van der Waals surface area contributed by atoms with Crippen molar-refractivity contribution in [3.63, 3.8) is 0 Å². The molecule has 0 aromatic rings. The summed E-state index contributed by atoms with van der Waals surface area (Å²) in [6.07, 6.45) is 4.36. The maximum Gasteiger partial charge on any atom is 0.0731 e. The van der Waals surface area contributed by atoms with E-state index in [0.29, 0.717) is 23.0 Å². The summed E-state index contributed by atoms with van der Waals surface area (Å²) in [7, 11) is 0. The van der Waals surface area contributed by atoms with E-state index in [9.17, 15) is 0 Å². The Hall–Kier alpha value is -0.160. The molecule has 166 valence electrons. The summed E-state index contributed by atoms with van der Waals surface area (Å²) in [5, 5.41) is 0. The Kier molecular flexibility index (Phi) is 8.03. The van der Waals surface area contributed by atoms with E-state index in [1.54, 1.807) is 0 Å². The first-order valence-corrected chi connectivity index (χ1v) is 11.5. The lowest BCUT2D eigenvalue weighted by atomic mass is 9.90. The van der Waals surface area contributed by atoms with Crippen molar-refractivity contribution < 1.29 is 9.47 Å². The molecule has 4 heteroatoms. The van der Waals surface area contributed by atoms with Crippen molar-refractivity contribution in [3.05, 3.63) is 0 Å². The van der Waals surface area contributed by atoms with Crippen LogP contribution in [0.1, 0.15) is 81.6 Å². The summed E-state index contributed by atoms with van der Waals surface area (Å²) in [5.41, 5.74) is 0.892. The molecular formula is C24H48N2O2. The molecule has 2 aliphatic rings. The van der Waals surface area contributed by atoms with Crippen LogP contribution in [0, 0.1) is 10.8 Å². The predicted molar refractivity (Wildman–Crippen MR) is 119 cm³/mol. The molecule has 4 nitrogen and oxygen atoms in total. The Bertz CT molecular complexity index is 478. The second-order valence-electron chi connectivity index (χ2n) is 12.4. The molecule has 2 heterocycles. The fourth-order valence-electron chi connectivity index (χ4n) is 4.21. The van der Waals surface area contributed by atoms with Gasteiger partial charge in [0.25, 0.3) is 0 Å². The van der Waals surface area contributed by atoms with Crippen LogP contribution in [-0.4, -0.2) is 73.0 Å². The van der Waals surface area contributed by atoms with Crippen LogP contribution in [0.5, 0.6) is 0 Å². The summed E-state index contributed by atoms with van der Waals surface area (Å²) in [6, 6.07) is 0. The molecule has 0 aromatic heterocycles. The predicted octanol–water partition coefficient (Wildman–Crippen LogP) is 4.82. The van der Waals surface area contributed by atoms with Crippen LogP contribution in [-0.2, 0) is 9.47 Å². The lowest BCUT2D eigenvalue weighted by Gasteiger charge is -2.47. The average Bonchev–Trinajstić information content (AvgIpc) is 2.51. The first-order chi connectivity index (χ1) is 12.7. The van der Waals surface area contributed by atoms with Gasteiger partial charge in [-0.25, -0.2) is 0 Å². The molecule has 28 heavy (non-hydrogen) atoms. The molecule has 0 spiro atoms. The van der Waals surface area contributed by atoms with Gasteiger partial charge in [-0.05, 0) is 57.5 Å².